The molecule has 4 heteroatoms. The molecule has 0 aliphatic heterocycles. The highest BCUT2D eigenvalue weighted by molar-refractivity contribution is 5.82. The van der Waals surface area contributed by atoms with E-state index in [0.29, 0.717) is 11.5 Å². The highest BCUT2D eigenvalue weighted by atomic mass is 16.4. The van der Waals surface area contributed by atoms with Crippen molar-refractivity contribution < 1.29 is 19.8 Å². The van der Waals surface area contributed by atoms with Gasteiger partial charge in [-0.05, 0) is 29.9 Å². The van der Waals surface area contributed by atoms with Crippen molar-refractivity contribution in [2.45, 2.75) is 56.8 Å². The van der Waals surface area contributed by atoms with E-state index in [9.17, 15) is 9.59 Å². The molecule has 0 spiro atoms. The summed E-state index contributed by atoms with van der Waals surface area (Å²) in [5.41, 5.74) is 1.82. The summed E-state index contributed by atoms with van der Waals surface area (Å²) in [5.74, 6) is -2.58. The summed E-state index contributed by atoms with van der Waals surface area (Å²) in [6.07, 6.45) is 7.11. The Balaban J connectivity index is 2.12. The van der Waals surface area contributed by atoms with Crippen LogP contribution in [0.25, 0.3) is 0 Å². The van der Waals surface area contributed by atoms with Gasteiger partial charge in [0.05, 0.1) is 12.3 Å². The van der Waals surface area contributed by atoms with Crippen molar-refractivity contribution in [2.75, 3.05) is 0 Å². The van der Waals surface area contributed by atoms with Crippen LogP contribution in [0.5, 0.6) is 0 Å². The van der Waals surface area contributed by atoms with Crippen LogP contribution in [0.4, 0.5) is 0 Å². The third-order valence-electron chi connectivity index (χ3n) is 4.34. The summed E-state index contributed by atoms with van der Waals surface area (Å²) < 4.78 is 0. The lowest BCUT2D eigenvalue weighted by molar-refractivity contribution is -0.145. The van der Waals surface area contributed by atoms with E-state index in [-0.39, 0.29) is 6.42 Å². The molecule has 0 saturated heterocycles. The van der Waals surface area contributed by atoms with Gasteiger partial charge >= 0.3 is 11.9 Å². The molecule has 2 rings (SSSR count). The molecule has 4 nitrogen and oxygen atoms in total. The SMILES string of the molecule is O=C(O)CC(C(=O)O)c1ccc(C2CCCCCC2)cc1. The van der Waals surface area contributed by atoms with Crippen LogP contribution in [0.1, 0.15) is 67.9 Å². The summed E-state index contributed by atoms with van der Waals surface area (Å²) in [6.45, 7) is 0. The molecule has 1 aliphatic carbocycles. The molecule has 0 amide bonds. The van der Waals surface area contributed by atoms with Gasteiger partial charge in [0, 0.05) is 0 Å². The smallest absolute Gasteiger partial charge is 0.311 e. The third-order valence-corrected chi connectivity index (χ3v) is 4.34. The Kier molecular flexibility index (Phi) is 5.37. The summed E-state index contributed by atoms with van der Waals surface area (Å²) in [7, 11) is 0. The van der Waals surface area contributed by atoms with Crippen LogP contribution in [0.3, 0.4) is 0 Å². The van der Waals surface area contributed by atoms with Gasteiger partial charge in [-0.1, -0.05) is 49.9 Å². The lowest BCUT2D eigenvalue weighted by atomic mass is 9.89. The largest absolute Gasteiger partial charge is 0.481 e. The maximum atomic E-state index is 11.2. The van der Waals surface area contributed by atoms with Crippen molar-refractivity contribution in [3.05, 3.63) is 35.4 Å². The van der Waals surface area contributed by atoms with Crippen molar-refractivity contribution >= 4 is 11.9 Å². The van der Waals surface area contributed by atoms with Crippen LogP contribution in [0.2, 0.25) is 0 Å². The van der Waals surface area contributed by atoms with Crippen molar-refractivity contribution in [3.63, 3.8) is 0 Å². The summed E-state index contributed by atoms with van der Waals surface area (Å²) >= 11 is 0. The molecule has 0 bridgehead atoms. The molecular weight excluding hydrogens is 268 g/mol. The zero-order valence-corrected chi connectivity index (χ0v) is 12.1. The van der Waals surface area contributed by atoms with E-state index in [1.807, 2.05) is 12.1 Å². The zero-order chi connectivity index (χ0) is 15.2. The molecule has 0 heterocycles. The maximum absolute atomic E-state index is 11.2. The van der Waals surface area contributed by atoms with Crippen LogP contribution in [-0.2, 0) is 9.59 Å². The molecule has 1 fully saturated rings. The first kappa shape index (κ1) is 15.5. The highest BCUT2D eigenvalue weighted by Crippen LogP contribution is 2.32. The first-order valence-corrected chi connectivity index (χ1v) is 7.62. The van der Waals surface area contributed by atoms with E-state index >= 15 is 0 Å². The zero-order valence-electron chi connectivity index (χ0n) is 12.1. The van der Waals surface area contributed by atoms with Gasteiger partial charge in [-0.3, -0.25) is 9.59 Å². The number of carboxylic acids is 2. The standard InChI is InChI=1S/C17H22O4/c18-16(19)11-15(17(20)21)14-9-7-13(8-10-14)12-5-3-1-2-4-6-12/h7-10,12,15H,1-6,11H2,(H,18,19)(H,20,21). The first-order chi connectivity index (χ1) is 10.1. The monoisotopic (exact) mass is 290 g/mol. The second-order valence-electron chi connectivity index (χ2n) is 5.84. The van der Waals surface area contributed by atoms with Crippen molar-refractivity contribution in [2.24, 2.45) is 0 Å². The van der Waals surface area contributed by atoms with Crippen molar-refractivity contribution in [1.29, 1.82) is 0 Å². The number of benzene rings is 1. The van der Waals surface area contributed by atoms with Gasteiger partial charge in [0.2, 0.25) is 0 Å². The summed E-state index contributed by atoms with van der Waals surface area (Å²) in [4.78, 5) is 22.0. The van der Waals surface area contributed by atoms with E-state index < -0.39 is 17.9 Å². The van der Waals surface area contributed by atoms with Gasteiger partial charge in [0.15, 0.2) is 0 Å². The number of aliphatic carboxylic acids is 2. The molecule has 1 atom stereocenters. The lowest BCUT2D eigenvalue weighted by Crippen LogP contribution is -2.16. The Morgan fingerprint density at radius 1 is 1.00 bits per heavy atom. The normalized spacial score (nSPS) is 17.9. The maximum Gasteiger partial charge on any atom is 0.311 e. The fourth-order valence-corrected chi connectivity index (χ4v) is 3.14. The molecule has 114 valence electrons. The fourth-order valence-electron chi connectivity index (χ4n) is 3.14. The molecule has 1 aromatic rings. The molecule has 21 heavy (non-hydrogen) atoms. The Hall–Kier alpha value is -1.84. The van der Waals surface area contributed by atoms with E-state index in [4.69, 9.17) is 10.2 Å². The van der Waals surface area contributed by atoms with Crippen LogP contribution in [-0.4, -0.2) is 22.2 Å². The molecule has 0 aromatic heterocycles. The number of carbonyl (C=O) groups is 2. The van der Waals surface area contributed by atoms with Gasteiger partial charge in [-0.15, -0.1) is 0 Å². The highest BCUT2D eigenvalue weighted by Gasteiger charge is 2.23. The van der Waals surface area contributed by atoms with Gasteiger partial charge in [0.25, 0.3) is 0 Å². The topological polar surface area (TPSA) is 74.6 Å². The Labute approximate surface area is 124 Å². The van der Waals surface area contributed by atoms with Crippen LogP contribution < -0.4 is 0 Å². The Morgan fingerprint density at radius 2 is 1.57 bits per heavy atom. The summed E-state index contributed by atoms with van der Waals surface area (Å²) in [6, 6.07) is 7.51. The quantitative estimate of drug-likeness (QED) is 0.809. The number of hydrogen-bond donors (Lipinski definition) is 2. The molecule has 1 aliphatic rings. The average molecular weight is 290 g/mol. The minimum absolute atomic E-state index is 0.377. The predicted octanol–water partition coefficient (Wildman–Crippen LogP) is 3.77. The van der Waals surface area contributed by atoms with Crippen LogP contribution in [0, 0.1) is 0 Å². The fraction of sp³-hybridized carbons (Fsp3) is 0.529. The van der Waals surface area contributed by atoms with Gasteiger partial charge in [-0.25, -0.2) is 0 Å². The third kappa shape index (κ3) is 4.31. The Morgan fingerprint density at radius 3 is 2.05 bits per heavy atom. The molecule has 1 unspecified atom stereocenters. The predicted molar refractivity (Wildman–Crippen MR) is 79.5 cm³/mol. The summed E-state index contributed by atoms with van der Waals surface area (Å²) in [5, 5.41) is 18.0. The minimum Gasteiger partial charge on any atom is -0.481 e. The molecule has 0 radical (unpaired) electrons. The Bertz CT molecular complexity index is 484. The number of hydrogen-bond acceptors (Lipinski definition) is 2. The lowest BCUT2D eigenvalue weighted by Gasteiger charge is -2.16. The first-order valence-electron chi connectivity index (χ1n) is 7.62. The van der Waals surface area contributed by atoms with E-state index in [2.05, 4.69) is 0 Å². The van der Waals surface area contributed by atoms with Gasteiger partial charge in [0.1, 0.15) is 0 Å². The second-order valence-corrected chi connectivity index (χ2v) is 5.84. The average Bonchev–Trinajstić information content (AvgIpc) is 2.73. The number of rotatable bonds is 5. The van der Waals surface area contributed by atoms with Crippen LogP contribution in [0.15, 0.2) is 24.3 Å². The minimum atomic E-state index is -1.09. The molecular formula is C17H22O4. The molecule has 2 N–H and O–H groups in total. The van der Waals surface area contributed by atoms with Crippen molar-refractivity contribution in [1.82, 2.24) is 0 Å². The van der Waals surface area contributed by atoms with Crippen LogP contribution >= 0.6 is 0 Å². The number of carboxylic acid groups (broad SMARTS) is 2. The molecule has 1 aromatic carbocycles. The van der Waals surface area contributed by atoms with Crippen molar-refractivity contribution in [3.8, 4) is 0 Å². The van der Waals surface area contributed by atoms with Gasteiger partial charge < -0.3 is 10.2 Å². The molecule has 1 saturated carbocycles. The second kappa shape index (κ2) is 7.25. The van der Waals surface area contributed by atoms with E-state index in [1.54, 1.807) is 12.1 Å². The van der Waals surface area contributed by atoms with E-state index in [1.165, 1.54) is 44.1 Å². The van der Waals surface area contributed by atoms with E-state index in [0.717, 1.165) is 0 Å². The van der Waals surface area contributed by atoms with Gasteiger partial charge in [-0.2, -0.15) is 0 Å².